The average molecular weight is 347 g/mol. The van der Waals surface area contributed by atoms with Gasteiger partial charge in [0.25, 0.3) is 5.91 Å². The molecule has 0 aliphatic carbocycles. The summed E-state index contributed by atoms with van der Waals surface area (Å²) in [5, 5.41) is 5.04. The molecule has 0 spiro atoms. The van der Waals surface area contributed by atoms with Crippen LogP contribution in [0.1, 0.15) is 49.0 Å². The van der Waals surface area contributed by atoms with Gasteiger partial charge in [-0.3, -0.25) is 4.79 Å². The predicted molar refractivity (Wildman–Crippen MR) is 108 cm³/mol. The SMILES string of the molecule is CCOc1ccc2ccccc2c1C(=O)Nc1ccccc1C(C)CC. The Morgan fingerprint density at radius 1 is 1.00 bits per heavy atom. The van der Waals surface area contributed by atoms with Crippen molar-refractivity contribution >= 4 is 22.4 Å². The van der Waals surface area contributed by atoms with Crippen molar-refractivity contribution in [3.63, 3.8) is 0 Å². The summed E-state index contributed by atoms with van der Waals surface area (Å²) in [6, 6.07) is 19.8. The fraction of sp³-hybridized carbons (Fsp3) is 0.261. The van der Waals surface area contributed by atoms with E-state index in [1.54, 1.807) is 0 Å². The quantitative estimate of drug-likeness (QED) is 0.593. The summed E-state index contributed by atoms with van der Waals surface area (Å²) in [5.41, 5.74) is 2.60. The molecule has 3 aromatic rings. The summed E-state index contributed by atoms with van der Waals surface area (Å²) in [4.78, 5) is 13.2. The lowest BCUT2D eigenvalue weighted by Crippen LogP contribution is -2.16. The van der Waals surface area contributed by atoms with Crippen LogP contribution in [0.4, 0.5) is 5.69 Å². The van der Waals surface area contributed by atoms with Gasteiger partial charge in [0.1, 0.15) is 5.75 Å². The number of carbonyl (C=O) groups excluding carboxylic acids is 1. The number of anilines is 1. The van der Waals surface area contributed by atoms with Gasteiger partial charge in [0.15, 0.2) is 0 Å². The molecular weight excluding hydrogens is 322 g/mol. The van der Waals surface area contributed by atoms with Crippen LogP contribution >= 0.6 is 0 Å². The van der Waals surface area contributed by atoms with Gasteiger partial charge >= 0.3 is 0 Å². The molecule has 3 nitrogen and oxygen atoms in total. The van der Waals surface area contributed by atoms with Crippen molar-refractivity contribution in [2.75, 3.05) is 11.9 Å². The maximum atomic E-state index is 13.2. The Labute approximate surface area is 155 Å². The molecule has 3 rings (SSSR count). The number of rotatable bonds is 6. The Morgan fingerprint density at radius 2 is 1.73 bits per heavy atom. The van der Waals surface area contributed by atoms with Gasteiger partial charge in [0, 0.05) is 5.69 Å². The minimum Gasteiger partial charge on any atom is -0.493 e. The number of amides is 1. The number of para-hydroxylation sites is 1. The molecule has 3 aromatic carbocycles. The van der Waals surface area contributed by atoms with Crippen LogP contribution in [0.3, 0.4) is 0 Å². The van der Waals surface area contributed by atoms with Gasteiger partial charge in [0.2, 0.25) is 0 Å². The van der Waals surface area contributed by atoms with E-state index in [0.717, 1.165) is 28.4 Å². The lowest BCUT2D eigenvalue weighted by atomic mass is 9.96. The summed E-state index contributed by atoms with van der Waals surface area (Å²) in [7, 11) is 0. The van der Waals surface area contributed by atoms with Crippen LogP contribution in [-0.4, -0.2) is 12.5 Å². The first-order chi connectivity index (χ1) is 12.7. The third-order valence-electron chi connectivity index (χ3n) is 4.77. The maximum absolute atomic E-state index is 13.2. The Kier molecular flexibility index (Phi) is 5.57. The molecule has 0 fully saturated rings. The van der Waals surface area contributed by atoms with Gasteiger partial charge < -0.3 is 10.1 Å². The molecule has 0 bridgehead atoms. The summed E-state index contributed by atoms with van der Waals surface area (Å²) in [6.07, 6.45) is 1.02. The molecule has 1 unspecified atom stereocenters. The monoisotopic (exact) mass is 347 g/mol. The first kappa shape index (κ1) is 18.0. The molecule has 0 heterocycles. The van der Waals surface area contributed by atoms with Crippen LogP contribution in [-0.2, 0) is 0 Å². The van der Waals surface area contributed by atoms with Gasteiger partial charge in [-0.2, -0.15) is 0 Å². The second kappa shape index (κ2) is 8.05. The van der Waals surface area contributed by atoms with Gasteiger partial charge in [0.05, 0.1) is 12.2 Å². The smallest absolute Gasteiger partial charge is 0.260 e. The molecule has 0 radical (unpaired) electrons. The highest BCUT2D eigenvalue weighted by molar-refractivity contribution is 6.15. The van der Waals surface area contributed by atoms with E-state index in [4.69, 9.17) is 4.74 Å². The minimum absolute atomic E-state index is 0.138. The second-order valence-corrected chi connectivity index (χ2v) is 6.44. The molecule has 1 N–H and O–H groups in total. The van der Waals surface area contributed by atoms with E-state index in [2.05, 4.69) is 25.2 Å². The minimum atomic E-state index is -0.138. The lowest BCUT2D eigenvalue weighted by Gasteiger charge is -2.17. The van der Waals surface area contributed by atoms with Crippen molar-refractivity contribution in [2.45, 2.75) is 33.1 Å². The molecular formula is C23H25NO2. The molecule has 1 atom stereocenters. The topological polar surface area (TPSA) is 38.3 Å². The van der Waals surface area contributed by atoms with E-state index in [1.165, 1.54) is 0 Å². The Bertz CT molecular complexity index is 917. The molecule has 0 aromatic heterocycles. The molecule has 134 valence electrons. The standard InChI is InChI=1S/C23H25NO2/c1-4-16(3)18-11-8-9-13-20(18)24-23(25)22-19-12-7-6-10-17(19)14-15-21(22)26-5-2/h6-16H,4-5H2,1-3H3,(H,24,25). The van der Waals surface area contributed by atoms with Crippen molar-refractivity contribution in [3.8, 4) is 5.75 Å². The molecule has 3 heteroatoms. The van der Waals surface area contributed by atoms with Crippen molar-refractivity contribution in [1.82, 2.24) is 0 Å². The molecule has 0 aliphatic rings. The number of hydrogen-bond donors (Lipinski definition) is 1. The molecule has 0 aliphatic heterocycles. The van der Waals surface area contributed by atoms with Crippen molar-refractivity contribution in [1.29, 1.82) is 0 Å². The van der Waals surface area contributed by atoms with Crippen molar-refractivity contribution < 1.29 is 9.53 Å². The van der Waals surface area contributed by atoms with Crippen LogP contribution in [0.25, 0.3) is 10.8 Å². The second-order valence-electron chi connectivity index (χ2n) is 6.44. The Balaban J connectivity index is 2.04. The normalized spacial score (nSPS) is 12.0. The number of ether oxygens (including phenoxy) is 1. The number of nitrogens with one attached hydrogen (secondary N) is 1. The van der Waals surface area contributed by atoms with Crippen molar-refractivity contribution in [2.24, 2.45) is 0 Å². The lowest BCUT2D eigenvalue weighted by molar-refractivity contribution is 0.102. The van der Waals surface area contributed by atoms with Crippen LogP contribution in [0.15, 0.2) is 60.7 Å². The zero-order chi connectivity index (χ0) is 18.5. The summed E-state index contributed by atoms with van der Waals surface area (Å²) in [5.74, 6) is 0.858. The molecule has 26 heavy (non-hydrogen) atoms. The van der Waals surface area contributed by atoms with E-state index in [-0.39, 0.29) is 5.91 Å². The number of fused-ring (bicyclic) bond motifs is 1. The zero-order valence-electron chi connectivity index (χ0n) is 15.6. The average Bonchev–Trinajstić information content (AvgIpc) is 2.67. The third kappa shape index (κ3) is 3.57. The van der Waals surface area contributed by atoms with Crippen LogP contribution in [0.2, 0.25) is 0 Å². The fourth-order valence-electron chi connectivity index (χ4n) is 3.21. The number of carbonyl (C=O) groups is 1. The summed E-state index contributed by atoms with van der Waals surface area (Å²) in [6.45, 7) is 6.77. The highest BCUT2D eigenvalue weighted by Crippen LogP contribution is 2.31. The van der Waals surface area contributed by atoms with E-state index in [0.29, 0.717) is 23.8 Å². The predicted octanol–water partition coefficient (Wildman–Crippen LogP) is 6.00. The largest absolute Gasteiger partial charge is 0.493 e. The first-order valence-electron chi connectivity index (χ1n) is 9.20. The van der Waals surface area contributed by atoms with Gasteiger partial charge in [-0.05, 0) is 47.7 Å². The Hall–Kier alpha value is -2.81. The molecule has 0 saturated carbocycles. The zero-order valence-corrected chi connectivity index (χ0v) is 15.6. The number of benzene rings is 3. The van der Waals surface area contributed by atoms with E-state index >= 15 is 0 Å². The van der Waals surface area contributed by atoms with Crippen molar-refractivity contribution in [3.05, 3.63) is 71.8 Å². The van der Waals surface area contributed by atoms with E-state index < -0.39 is 0 Å². The highest BCUT2D eigenvalue weighted by atomic mass is 16.5. The van der Waals surface area contributed by atoms with E-state index in [9.17, 15) is 4.79 Å². The highest BCUT2D eigenvalue weighted by Gasteiger charge is 2.18. The first-order valence-corrected chi connectivity index (χ1v) is 9.20. The summed E-state index contributed by atoms with van der Waals surface area (Å²) < 4.78 is 5.74. The van der Waals surface area contributed by atoms with Gasteiger partial charge in [-0.1, -0.05) is 62.4 Å². The van der Waals surface area contributed by atoms with Crippen LogP contribution in [0.5, 0.6) is 5.75 Å². The number of hydrogen-bond acceptors (Lipinski definition) is 2. The molecule has 0 saturated heterocycles. The van der Waals surface area contributed by atoms with Gasteiger partial charge in [-0.25, -0.2) is 0 Å². The fourth-order valence-corrected chi connectivity index (χ4v) is 3.21. The summed E-state index contributed by atoms with van der Waals surface area (Å²) >= 11 is 0. The third-order valence-corrected chi connectivity index (χ3v) is 4.77. The van der Waals surface area contributed by atoms with Crippen LogP contribution in [0, 0.1) is 0 Å². The maximum Gasteiger partial charge on any atom is 0.260 e. The van der Waals surface area contributed by atoms with Gasteiger partial charge in [-0.15, -0.1) is 0 Å². The van der Waals surface area contributed by atoms with E-state index in [1.807, 2.05) is 61.5 Å². The molecule has 1 amide bonds. The Morgan fingerprint density at radius 3 is 2.50 bits per heavy atom. The van der Waals surface area contributed by atoms with Crippen LogP contribution < -0.4 is 10.1 Å².